The molecule has 0 spiro atoms. The van der Waals surface area contributed by atoms with Crippen LogP contribution in [0.4, 0.5) is 0 Å². The van der Waals surface area contributed by atoms with Gasteiger partial charge in [0.25, 0.3) is 0 Å². The van der Waals surface area contributed by atoms with Crippen molar-refractivity contribution in [3.05, 3.63) is 0 Å². The molecular formula is C17H38BNO3. The van der Waals surface area contributed by atoms with Crippen LogP contribution in [0.2, 0.25) is 6.32 Å². The standard InChI is InChI=1S/C9H18BO3.C8H20N/c1-3-4-5-10-11-6-9(2,7-12-10)8-13-10;1-5-9(6-2,7-3)8-4/h3-8H2,1-2H3;5-8H2,1-4H3/q-1;+1. The van der Waals surface area contributed by atoms with Crippen LogP contribution in [0.25, 0.3) is 0 Å². The molecule has 3 rings (SSSR count). The summed E-state index contributed by atoms with van der Waals surface area (Å²) >= 11 is 0. The summed E-state index contributed by atoms with van der Waals surface area (Å²) in [5.74, 6) is 0. The lowest BCUT2D eigenvalue weighted by Crippen LogP contribution is -2.62. The zero-order valence-electron chi connectivity index (χ0n) is 15.8. The highest BCUT2D eigenvalue weighted by Gasteiger charge is 2.44. The number of unbranched alkanes of at least 4 members (excludes halogenated alkanes) is 1. The summed E-state index contributed by atoms with van der Waals surface area (Å²) in [6, 6.07) is 0. The minimum absolute atomic E-state index is 0.107. The highest BCUT2D eigenvalue weighted by molar-refractivity contribution is 6.61. The molecular weight excluding hydrogens is 277 g/mol. The Hall–Kier alpha value is -0.0951. The zero-order chi connectivity index (χ0) is 16.7. The Labute approximate surface area is 138 Å². The summed E-state index contributed by atoms with van der Waals surface area (Å²) in [7, 11) is 0. The molecule has 0 aromatic rings. The largest absolute Gasteiger partial charge is 0.544 e. The van der Waals surface area contributed by atoms with Crippen LogP contribution in [-0.4, -0.2) is 57.2 Å². The van der Waals surface area contributed by atoms with Gasteiger partial charge in [-0.05, 0) is 27.7 Å². The number of fused-ring (bicyclic) bond motifs is 3. The Bertz CT molecular complexity index is 273. The van der Waals surface area contributed by atoms with Crippen molar-refractivity contribution in [2.75, 3.05) is 46.0 Å². The van der Waals surface area contributed by atoms with Gasteiger partial charge in [-0.3, -0.25) is 0 Å². The quantitative estimate of drug-likeness (QED) is 0.530. The van der Waals surface area contributed by atoms with Crippen LogP contribution < -0.4 is 0 Å². The van der Waals surface area contributed by atoms with Crippen molar-refractivity contribution in [1.82, 2.24) is 0 Å². The fourth-order valence-electron chi connectivity index (χ4n) is 3.30. The second-order valence-electron chi connectivity index (χ2n) is 7.28. The van der Waals surface area contributed by atoms with Gasteiger partial charge in [-0.15, -0.1) is 0 Å². The number of nitrogens with zero attached hydrogens (tertiary/aromatic N) is 1. The monoisotopic (exact) mass is 315 g/mol. The van der Waals surface area contributed by atoms with E-state index >= 15 is 0 Å². The van der Waals surface area contributed by atoms with E-state index in [4.69, 9.17) is 14.0 Å². The van der Waals surface area contributed by atoms with Gasteiger partial charge in [0, 0.05) is 25.2 Å². The SMILES string of the molecule is CCCC[B-]12OCC(C)(CO1)CO2.CC[N+](CC)(CC)CC. The van der Waals surface area contributed by atoms with Crippen molar-refractivity contribution >= 4 is 6.75 Å². The first-order valence-corrected chi connectivity index (χ1v) is 9.34. The molecule has 0 amide bonds. The average Bonchev–Trinajstić information content (AvgIpc) is 2.58. The first-order valence-electron chi connectivity index (χ1n) is 9.34. The molecule has 0 aromatic carbocycles. The van der Waals surface area contributed by atoms with Crippen molar-refractivity contribution in [1.29, 1.82) is 0 Å². The molecule has 0 radical (unpaired) electrons. The van der Waals surface area contributed by atoms with E-state index in [0.29, 0.717) is 0 Å². The van der Waals surface area contributed by atoms with Gasteiger partial charge in [-0.2, -0.15) is 0 Å². The second kappa shape index (κ2) is 8.67. The maximum absolute atomic E-state index is 5.69. The fraction of sp³-hybridized carbons (Fsp3) is 1.00. The van der Waals surface area contributed by atoms with Gasteiger partial charge in [0.2, 0.25) is 0 Å². The van der Waals surface area contributed by atoms with Crippen molar-refractivity contribution < 1.29 is 18.4 Å². The Morgan fingerprint density at radius 3 is 1.50 bits per heavy atom. The van der Waals surface area contributed by atoms with Gasteiger partial charge in [0.15, 0.2) is 0 Å². The van der Waals surface area contributed by atoms with Crippen LogP contribution in [0.1, 0.15) is 54.4 Å². The molecule has 3 aliphatic rings. The minimum Gasteiger partial charge on any atom is -0.544 e. The lowest BCUT2D eigenvalue weighted by atomic mass is 9.66. The first-order chi connectivity index (χ1) is 10.4. The van der Waals surface area contributed by atoms with Crippen molar-refractivity contribution in [2.45, 2.75) is 60.7 Å². The Balaban J connectivity index is 0.000000239. The first kappa shape index (κ1) is 20.0. The van der Waals surface area contributed by atoms with Crippen LogP contribution in [0.5, 0.6) is 0 Å². The summed E-state index contributed by atoms with van der Waals surface area (Å²) in [4.78, 5) is 0. The van der Waals surface area contributed by atoms with E-state index in [1.807, 2.05) is 0 Å². The van der Waals surface area contributed by atoms with Gasteiger partial charge < -0.3 is 18.4 Å². The van der Waals surface area contributed by atoms with Crippen molar-refractivity contribution in [3.8, 4) is 0 Å². The highest BCUT2D eigenvalue weighted by Crippen LogP contribution is 2.37. The van der Waals surface area contributed by atoms with E-state index in [0.717, 1.165) is 39.0 Å². The van der Waals surface area contributed by atoms with Gasteiger partial charge in [-0.25, -0.2) is 0 Å². The maximum Gasteiger partial charge on any atom is 0.379 e. The van der Waals surface area contributed by atoms with E-state index in [1.54, 1.807) is 0 Å². The zero-order valence-corrected chi connectivity index (χ0v) is 15.8. The molecule has 0 N–H and O–H groups in total. The molecule has 3 heterocycles. The highest BCUT2D eigenvalue weighted by atomic mass is 16.8. The van der Waals surface area contributed by atoms with Gasteiger partial charge in [0.1, 0.15) is 0 Å². The molecule has 2 bridgehead atoms. The average molecular weight is 315 g/mol. The third kappa shape index (κ3) is 4.95. The molecule has 4 nitrogen and oxygen atoms in total. The summed E-state index contributed by atoms with van der Waals surface area (Å²) in [5.41, 5.74) is 0.107. The molecule has 0 aliphatic carbocycles. The maximum atomic E-state index is 5.69. The summed E-state index contributed by atoms with van der Waals surface area (Å²) < 4.78 is 18.3. The Kier molecular flexibility index (Phi) is 7.86. The smallest absolute Gasteiger partial charge is 0.379 e. The predicted molar refractivity (Wildman–Crippen MR) is 93.9 cm³/mol. The second-order valence-corrected chi connectivity index (χ2v) is 7.28. The molecule has 0 saturated carbocycles. The fourth-order valence-corrected chi connectivity index (χ4v) is 3.30. The van der Waals surface area contributed by atoms with Gasteiger partial charge in [-0.1, -0.05) is 33.0 Å². The minimum atomic E-state index is -1.35. The number of rotatable bonds is 7. The third-order valence-electron chi connectivity index (χ3n) is 5.65. The van der Waals surface area contributed by atoms with Crippen molar-refractivity contribution in [3.63, 3.8) is 0 Å². The van der Waals surface area contributed by atoms with Crippen LogP contribution in [-0.2, 0) is 14.0 Å². The molecule has 3 aliphatic heterocycles. The van der Waals surface area contributed by atoms with E-state index in [1.165, 1.54) is 30.7 Å². The molecule has 3 saturated heterocycles. The van der Waals surface area contributed by atoms with Crippen LogP contribution >= 0.6 is 0 Å². The molecule has 3 fully saturated rings. The molecule has 132 valence electrons. The number of quaternary nitrogens is 1. The van der Waals surface area contributed by atoms with Crippen LogP contribution in [0, 0.1) is 5.41 Å². The third-order valence-corrected chi connectivity index (χ3v) is 5.65. The Morgan fingerprint density at radius 2 is 1.23 bits per heavy atom. The summed E-state index contributed by atoms with van der Waals surface area (Å²) in [6.07, 6.45) is 3.21. The van der Waals surface area contributed by atoms with Crippen LogP contribution in [0.15, 0.2) is 0 Å². The number of hydrogen-bond donors (Lipinski definition) is 0. The Morgan fingerprint density at radius 1 is 0.818 bits per heavy atom. The van der Waals surface area contributed by atoms with E-state index in [-0.39, 0.29) is 5.41 Å². The van der Waals surface area contributed by atoms with E-state index in [9.17, 15) is 0 Å². The van der Waals surface area contributed by atoms with Crippen LogP contribution in [0.3, 0.4) is 0 Å². The molecule has 0 atom stereocenters. The van der Waals surface area contributed by atoms with Crippen molar-refractivity contribution in [2.24, 2.45) is 5.41 Å². The van der Waals surface area contributed by atoms with Gasteiger partial charge >= 0.3 is 6.75 Å². The molecule has 5 heteroatoms. The normalized spacial score (nSPS) is 30.8. The lowest BCUT2D eigenvalue weighted by Gasteiger charge is -2.58. The van der Waals surface area contributed by atoms with E-state index in [2.05, 4.69) is 41.5 Å². The lowest BCUT2D eigenvalue weighted by molar-refractivity contribution is -0.921. The number of hydrogen-bond acceptors (Lipinski definition) is 3. The summed E-state index contributed by atoms with van der Waals surface area (Å²) in [5, 5.41) is 0. The summed E-state index contributed by atoms with van der Waals surface area (Å²) in [6.45, 7) is 19.6. The van der Waals surface area contributed by atoms with E-state index < -0.39 is 6.75 Å². The molecule has 0 aromatic heterocycles. The topological polar surface area (TPSA) is 27.7 Å². The molecule has 0 unspecified atom stereocenters. The predicted octanol–water partition coefficient (Wildman–Crippen LogP) is 3.69. The van der Waals surface area contributed by atoms with Gasteiger partial charge in [0.05, 0.1) is 26.2 Å². The molecule has 22 heavy (non-hydrogen) atoms.